The lowest BCUT2D eigenvalue weighted by molar-refractivity contribution is 0.171. The molecule has 5 nitrogen and oxygen atoms in total. The van der Waals surface area contributed by atoms with Crippen LogP contribution < -0.4 is 9.47 Å². The number of aromatic nitrogens is 2. The molecule has 0 spiro atoms. The first-order valence-electron chi connectivity index (χ1n) is 8.35. The van der Waals surface area contributed by atoms with Gasteiger partial charge in [-0.2, -0.15) is 0 Å². The van der Waals surface area contributed by atoms with Gasteiger partial charge in [0.25, 0.3) is 0 Å². The van der Waals surface area contributed by atoms with Crippen LogP contribution in [0.5, 0.6) is 11.5 Å². The molecule has 0 bridgehead atoms. The van der Waals surface area contributed by atoms with Gasteiger partial charge in [0.15, 0.2) is 11.5 Å². The lowest BCUT2D eigenvalue weighted by Crippen LogP contribution is -2.15. The van der Waals surface area contributed by atoms with Crippen molar-refractivity contribution >= 4 is 0 Å². The van der Waals surface area contributed by atoms with E-state index in [0.717, 1.165) is 16.9 Å². The first-order valence-corrected chi connectivity index (χ1v) is 8.35. The molecule has 25 heavy (non-hydrogen) atoms. The predicted molar refractivity (Wildman–Crippen MR) is 94.9 cm³/mol. The molecule has 0 N–H and O–H groups in total. The first kappa shape index (κ1) is 15.7. The molecule has 0 unspecified atom stereocenters. The maximum Gasteiger partial charge on any atom is 0.248 e. The summed E-state index contributed by atoms with van der Waals surface area (Å²) in [5, 5.41) is 8.35. The fourth-order valence-corrected chi connectivity index (χ4v) is 2.75. The molecule has 0 fully saturated rings. The normalized spacial score (nSPS) is 13.7. The third kappa shape index (κ3) is 3.09. The molecule has 1 aromatic heterocycles. The van der Waals surface area contributed by atoms with Crippen molar-refractivity contribution in [2.75, 3.05) is 13.2 Å². The number of nitrogens with zero attached hydrogens (tertiary/aromatic N) is 2. The number of fused-ring (bicyclic) bond motifs is 1. The minimum absolute atomic E-state index is 0.115. The van der Waals surface area contributed by atoms with E-state index >= 15 is 0 Å². The highest BCUT2D eigenvalue weighted by Gasteiger charge is 2.17. The molecular formula is C20H20N2O3. The average molecular weight is 336 g/mol. The molecule has 128 valence electrons. The van der Waals surface area contributed by atoms with Crippen molar-refractivity contribution in [3.63, 3.8) is 0 Å². The lowest BCUT2D eigenvalue weighted by Gasteiger charge is -2.18. The second kappa shape index (κ2) is 5.92. The zero-order valence-corrected chi connectivity index (χ0v) is 14.6. The summed E-state index contributed by atoms with van der Waals surface area (Å²) in [4.78, 5) is 0. The summed E-state index contributed by atoms with van der Waals surface area (Å²) in [5.74, 6) is 2.42. The highest BCUT2D eigenvalue weighted by molar-refractivity contribution is 5.62. The van der Waals surface area contributed by atoms with E-state index in [1.807, 2.05) is 30.3 Å². The second-order valence-electron chi connectivity index (χ2n) is 7.10. The molecule has 0 saturated carbocycles. The lowest BCUT2D eigenvalue weighted by atomic mass is 9.87. The Balaban J connectivity index is 1.62. The molecule has 2 aromatic carbocycles. The zero-order valence-electron chi connectivity index (χ0n) is 14.6. The van der Waals surface area contributed by atoms with Crippen LogP contribution in [0.2, 0.25) is 0 Å². The van der Waals surface area contributed by atoms with Gasteiger partial charge in [-0.15, -0.1) is 10.2 Å². The fraction of sp³-hybridized carbons (Fsp3) is 0.300. The monoisotopic (exact) mass is 336 g/mol. The molecule has 3 aromatic rings. The highest BCUT2D eigenvalue weighted by Crippen LogP contribution is 2.35. The second-order valence-corrected chi connectivity index (χ2v) is 7.10. The van der Waals surface area contributed by atoms with E-state index in [4.69, 9.17) is 13.9 Å². The standard InChI is InChI=1S/C20H20N2O3/c1-20(2,3)15-7-4-13(5-8-15)18-21-22-19(25-18)14-6-9-16-17(12-14)24-11-10-23-16/h4-9,12H,10-11H2,1-3H3. The third-order valence-corrected chi connectivity index (χ3v) is 4.21. The summed E-state index contributed by atoms with van der Waals surface area (Å²) in [7, 11) is 0. The molecule has 0 amide bonds. The van der Waals surface area contributed by atoms with Crippen molar-refractivity contribution in [3.05, 3.63) is 48.0 Å². The van der Waals surface area contributed by atoms with Crippen molar-refractivity contribution in [1.29, 1.82) is 0 Å². The van der Waals surface area contributed by atoms with Crippen molar-refractivity contribution in [3.8, 4) is 34.4 Å². The molecule has 0 saturated heterocycles. The van der Waals surface area contributed by atoms with Crippen LogP contribution >= 0.6 is 0 Å². The third-order valence-electron chi connectivity index (χ3n) is 4.21. The summed E-state index contributed by atoms with van der Waals surface area (Å²) < 4.78 is 17.0. The molecule has 0 aliphatic carbocycles. The summed E-state index contributed by atoms with van der Waals surface area (Å²) in [6.45, 7) is 7.69. The molecule has 2 heterocycles. The van der Waals surface area contributed by atoms with Crippen LogP contribution in [0, 0.1) is 0 Å². The van der Waals surface area contributed by atoms with Crippen LogP contribution in [-0.2, 0) is 5.41 Å². The van der Waals surface area contributed by atoms with E-state index in [1.165, 1.54) is 5.56 Å². The van der Waals surface area contributed by atoms with Gasteiger partial charge in [0.1, 0.15) is 13.2 Å². The molecular weight excluding hydrogens is 316 g/mol. The molecule has 1 aliphatic rings. The fourth-order valence-electron chi connectivity index (χ4n) is 2.75. The summed E-state index contributed by atoms with van der Waals surface area (Å²) in [5.41, 5.74) is 3.10. The largest absolute Gasteiger partial charge is 0.486 e. The van der Waals surface area contributed by atoms with E-state index in [1.54, 1.807) is 0 Å². The van der Waals surface area contributed by atoms with Crippen LogP contribution in [0.25, 0.3) is 22.9 Å². The zero-order chi connectivity index (χ0) is 17.4. The molecule has 1 aliphatic heterocycles. The number of benzene rings is 2. The van der Waals surface area contributed by atoms with Gasteiger partial charge < -0.3 is 13.9 Å². The van der Waals surface area contributed by atoms with Crippen molar-refractivity contribution in [2.24, 2.45) is 0 Å². The van der Waals surface area contributed by atoms with Crippen LogP contribution in [0.3, 0.4) is 0 Å². The summed E-state index contributed by atoms with van der Waals surface area (Å²) >= 11 is 0. The summed E-state index contributed by atoms with van der Waals surface area (Å²) in [6, 6.07) is 13.9. The SMILES string of the molecule is CC(C)(C)c1ccc(-c2nnc(-c3ccc4c(c3)OCCO4)o2)cc1. The van der Waals surface area contributed by atoms with E-state index in [9.17, 15) is 0 Å². The maximum atomic E-state index is 5.85. The predicted octanol–water partition coefficient (Wildman–Crippen LogP) is 4.47. The Bertz CT molecular complexity index is 892. The van der Waals surface area contributed by atoms with Crippen molar-refractivity contribution in [1.82, 2.24) is 10.2 Å². The number of rotatable bonds is 2. The topological polar surface area (TPSA) is 57.4 Å². The van der Waals surface area contributed by atoms with Crippen LogP contribution in [-0.4, -0.2) is 23.4 Å². The maximum absolute atomic E-state index is 5.85. The average Bonchev–Trinajstić information content (AvgIpc) is 3.11. The minimum Gasteiger partial charge on any atom is -0.486 e. The quantitative estimate of drug-likeness (QED) is 0.691. The van der Waals surface area contributed by atoms with Gasteiger partial charge in [0.05, 0.1) is 0 Å². The van der Waals surface area contributed by atoms with E-state index in [0.29, 0.717) is 30.7 Å². The number of ether oxygens (including phenoxy) is 2. The van der Waals surface area contributed by atoms with Crippen molar-refractivity contribution in [2.45, 2.75) is 26.2 Å². The van der Waals surface area contributed by atoms with E-state index in [2.05, 4.69) is 43.1 Å². The van der Waals surface area contributed by atoms with Gasteiger partial charge >= 0.3 is 0 Å². The van der Waals surface area contributed by atoms with Gasteiger partial charge in [-0.25, -0.2) is 0 Å². The van der Waals surface area contributed by atoms with Gasteiger partial charge in [-0.05, 0) is 41.3 Å². The Morgan fingerprint density at radius 1 is 0.760 bits per heavy atom. The van der Waals surface area contributed by atoms with Crippen LogP contribution in [0.15, 0.2) is 46.9 Å². The Morgan fingerprint density at radius 3 is 2.04 bits per heavy atom. The Labute approximate surface area is 146 Å². The Morgan fingerprint density at radius 2 is 1.36 bits per heavy atom. The van der Waals surface area contributed by atoms with Gasteiger partial charge in [0, 0.05) is 11.1 Å². The Hall–Kier alpha value is -2.82. The van der Waals surface area contributed by atoms with Crippen LogP contribution in [0.4, 0.5) is 0 Å². The van der Waals surface area contributed by atoms with E-state index in [-0.39, 0.29) is 5.41 Å². The smallest absolute Gasteiger partial charge is 0.248 e. The van der Waals surface area contributed by atoms with E-state index < -0.39 is 0 Å². The molecule has 0 radical (unpaired) electrons. The molecule has 4 rings (SSSR count). The Kier molecular flexibility index (Phi) is 3.71. The van der Waals surface area contributed by atoms with Gasteiger partial charge in [-0.1, -0.05) is 32.9 Å². The molecule has 5 heteroatoms. The summed E-state index contributed by atoms with van der Waals surface area (Å²) in [6.07, 6.45) is 0. The first-order chi connectivity index (χ1) is 12.0. The molecule has 0 atom stereocenters. The van der Waals surface area contributed by atoms with Gasteiger partial charge in [0.2, 0.25) is 11.8 Å². The van der Waals surface area contributed by atoms with Gasteiger partial charge in [-0.3, -0.25) is 0 Å². The minimum atomic E-state index is 0.115. The number of hydrogen-bond acceptors (Lipinski definition) is 5. The van der Waals surface area contributed by atoms with Crippen LogP contribution in [0.1, 0.15) is 26.3 Å². The van der Waals surface area contributed by atoms with Crippen molar-refractivity contribution < 1.29 is 13.9 Å². The highest BCUT2D eigenvalue weighted by atomic mass is 16.6. The number of hydrogen-bond donors (Lipinski definition) is 0.